The van der Waals surface area contributed by atoms with E-state index in [0.29, 0.717) is 4.91 Å². The van der Waals surface area contributed by atoms with Crippen molar-refractivity contribution in [3.63, 3.8) is 0 Å². The number of aliphatic imine (C=N–C) groups is 1. The number of nitrogens with zero attached hydrogens (tertiary/aromatic N) is 2. The maximum absolute atomic E-state index is 12.8. The molecule has 2 aromatic rings. The summed E-state index contributed by atoms with van der Waals surface area (Å²) in [5, 5.41) is 2.72. The minimum Gasteiger partial charge on any atom is -0.300 e. The smallest absolute Gasteiger partial charge is 0.279 e. The summed E-state index contributed by atoms with van der Waals surface area (Å²) in [4.78, 5) is 32.1. The number of carbonyl (C=O) groups is 2. The molecule has 0 aliphatic carbocycles. The Hall–Kier alpha value is -2.80. The van der Waals surface area contributed by atoms with Crippen molar-refractivity contribution in [3.8, 4) is 0 Å². The first-order chi connectivity index (χ1) is 11.1. The summed E-state index contributed by atoms with van der Waals surface area (Å²) < 4.78 is 12.8. The Morgan fingerprint density at radius 2 is 2.04 bits per heavy atom. The van der Waals surface area contributed by atoms with Gasteiger partial charge in [0.15, 0.2) is 5.17 Å². The quantitative estimate of drug-likeness (QED) is 0.861. The first kappa shape index (κ1) is 15.1. The van der Waals surface area contributed by atoms with Gasteiger partial charge in [0.25, 0.3) is 11.8 Å². The first-order valence-corrected chi connectivity index (χ1v) is 7.43. The average molecular weight is 327 g/mol. The number of thioether (sulfide) groups is 1. The largest absolute Gasteiger partial charge is 0.300 e. The Morgan fingerprint density at radius 1 is 1.26 bits per heavy atom. The van der Waals surface area contributed by atoms with E-state index in [-0.39, 0.29) is 16.6 Å². The van der Waals surface area contributed by atoms with Crippen molar-refractivity contribution in [1.29, 1.82) is 0 Å². The molecule has 1 fully saturated rings. The number of rotatable bonds is 2. The van der Waals surface area contributed by atoms with Crippen molar-refractivity contribution < 1.29 is 14.0 Å². The van der Waals surface area contributed by atoms with Crippen LogP contribution in [-0.4, -0.2) is 22.0 Å². The second-order valence-corrected chi connectivity index (χ2v) is 5.61. The van der Waals surface area contributed by atoms with Gasteiger partial charge in [0.2, 0.25) is 0 Å². The van der Waals surface area contributed by atoms with Gasteiger partial charge in [-0.3, -0.25) is 14.6 Å². The highest BCUT2D eigenvalue weighted by Crippen LogP contribution is 2.26. The van der Waals surface area contributed by atoms with Gasteiger partial charge < -0.3 is 5.32 Å². The van der Waals surface area contributed by atoms with Crippen LogP contribution in [0.25, 0.3) is 6.08 Å². The molecule has 0 radical (unpaired) electrons. The van der Waals surface area contributed by atoms with E-state index in [0.717, 1.165) is 17.3 Å². The molecule has 1 saturated heterocycles. The van der Waals surface area contributed by atoms with Crippen LogP contribution in [-0.2, 0) is 4.79 Å². The van der Waals surface area contributed by atoms with Crippen molar-refractivity contribution in [2.45, 2.75) is 0 Å². The van der Waals surface area contributed by atoms with E-state index in [1.807, 2.05) is 6.07 Å². The van der Waals surface area contributed by atoms with Crippen LogP contribution in [0, 0.1) is 5.82 Å². The van der Waals surface area contributed by atoms with E-state index in [1.54, 1.807) is 24.5 Å². The van der Waals surface area contributed by atoms with Gasteiger partial charge in [-0.2, -0.15) is 4.99 Å². The van der Waals surface area contributed by atoms with Crippen LogP contribution in [0.15, 0.2) is 58.7 Å². The first-order valence-electron chi connectivity index (χ1n) is 6.61. The van der Waals surface area contributed by atoms with Crippen LogP contribution < -0.4 is 5.32 Å². The highest BCUT2D eigenvalue weighted by atomic mass is 32.2. The van der Waals surface area contributed by atoms with Gasteiger partial charge >= 0.3 is 0 Å². The van der Waals surface area contributed by atoms with E-state index in [1.165, 1.54) is 24.3 Å². The molecule has 0 atom stereocenters. The molecule has 7 heteroatoms. The number of amides is 2. The second-order valence-electron chi connectivity index (χ2n) is 4.58. The summed E-state index contributed by atoms with van der Waals surface area (Å²) in [6.45, 7) is 0. The zero-order chi connectivity index (χ0) is 16.2. The molecule has 1 aromatic carbocycles. The maximum Gasteiger partial charge on any atom is 0.279 e. The molecule has 23 heavy (non-hydrogen) atoms. The summed E-state index contributed by atoms with van der Waals surface area (Å²) in [6, 6.07) is 8.62. The fourth-order valence-corrected chi connectivity index (χ4v) is 2.66. The highest BCUT2D eigenvalue weighted by Gasteiger charge is 2.24. The zero-order valence-corrected chi connectivity index (χ0v) is 12.5. The fraction of sp³-hybridized carbons (Fsp3) is 0. The molecular formula is C16H10FN3O2S. The number of nitrogens with one attached hydrogen (secondary N) is 1. The summed E-state index contributed by atoms with van der Waals surface area (Å²) in [6.07, 6.45) is 4.93. The SMILES string of the molecule is O=C1NC(=NC(=O)c2ccc(F)cc2)SC1=Cc1cccnc1. The topological polar surface area (TPSA) is 71.4 Å². The van der Waals surface area contributed by atoms with E-state index >= 15 is 0 Å². The van der Waals surface area contributed by atoms with E-state index in [2.05, 4.69) is 15.3 Å². The van der Waals surface area contributed by atoms with Crippen LogP contribution in [0.3, 0.4) is 0 Å². The number of aromatic nitrogens is 1. The maximum atomic E-state index is 12.8. The Balaban J connectivity index is 1.78. The van der Waals surface area contributed by atoms with Gasteiger partial charge in [0, 0.05) is 18.0 Å². The molecule has 1 aromatic heterocycles. The molecule has 1 N–H and O–H groups in total. The van der Waals surface area contributed by atoms with Gasteiger partial charge in [-0.05, 0) is 53.7 Å². The van der Waals surface area contributed by atoms with Gasteiger partial charge in [0.1, 0.15) is 5.82 Å². The Kier molecular flexibility index (Phi) is 4.29. The number of carbonyl (C=O) groups excluding carboxylic acids is 2. The summed E-state index contributed by atoms with van der Waals surface area (Å²) >= 11 is 1.07. The van der Waals surface area contributed by atoms with Crippen molar-refractivity contribution in [3.05, 3.63) is 70.6 Å². The predicted octanol–water partition coefficient (Wildman–Crippen LogP) is 2.62. The summed E-state index contributed by atoms with van der Waals surface area (Å²) in [5.74, 6) is -1.31. The minimum absolute atomic E-state index is 0.194. The average Bonchev–Trinajstić information content (AvgIpc) is 2.88. The minimum atomic E-state index is -0.546. The lowest BCUT2D eigenvalue weighted by atomic mass is 10.2. The Bertz CT molecular complexity index is 817. The lowest BCUT2D eigenvalue weighted by molar-refractivity contribution is -0.115. The molecule has 114 valence electrons. The molecule has 2 amide bonds. The zero-order valence-electron chi connectivity index (χ0n) is 11.7. The van der Waals surface area contributed by atoms with Gasteiger partial charge in [-0.1, -0.05) is 6.07 Å². The third kappa shape index (κ3) is 3.70. The summed E-state index contributed by atoms with van der Waals surface area (Å²) in [5.41, 5.74) is 1.02. The van der Waals surface area contributed by atoms with Crippen molar-refractivity contribution >= 4 is 34.8 Å². The van der Waals surface area contributed by atoms with Crippen molar-refractivity contribution in [2.75, 3.05) is 0 Å². The Labute approximate surface area is 135 Å². The summed E-state index contributed by atoms with van der Waals surface area (Å²) in [7, 11) is 0. The number of benzene rings is 1. The molecule has 0 saturated carbocycles. The van der Waals surface area contributed by atoms with Crippen molar-refractivity contribution in [2.24, 2.45) is 4.99 Å². The molecule has 0 bridgehead atoms. The lowest BCUT2D eigenvalue weighted by Gasteiger charge is -1.96. The number of pyridine rings is 1. The van der Waals surface area contributed by atoms with Crippen LogP contribution in [0.5, 0.6) is 0 Å². The lowest BCUT2D eigenvalue weighted by Crippen LogP contribution is -2.20. The molecule has 3 rings (SSSR count). The molecular weight excluding hydrogens is 317 g/mol. The van der Waals surface area contributed by atoms with Crippen LogP contribution >= 0.6 is 11.8 Å². The fourth-order valence-electron chi connectivity index (χ4n) is 1.84. The third-order valence-electron chi connectivity index (χ3n) is 2.93. The number of hydrogen-bond acceptors (Lipinski definition) is 4. The Morgan fingerprint density at radius 3 is 2.74 bits per heavy atom. The normalized spacial score (nSPS) is 17.5. The van der Waals surface area contributed by atoms with Gasteiger partial charge in [-0.25, -0.2) is 4.39 Å². The van der Waals surface area contributed by atoms with Crippen LogP contribution in [0.4, 0.5) is 4.39 Å². The molecule has 5 nitrogen and oxygen atoms in total. The van der Waals surface area contributed by atoms with E-state index < -0.39 is 11.7 Å². The van der Waals surface area contributed by atoms with Crippen LogP contribution in [0.1, 0.15) is 15.9 Å². The van der Waals surface area contributed by atoms with Crippen molar-refractivity contribution in [1.82, 2.24) is 10.3 Å². The monoisotopic (exact) mass is 327 g/mol. The molecule has 0 unspecified atom stereocenters. The molecule has 2 heterocycles. The third-order valence-corrected chi connectivity index (χ3v) is 3.84. The number of amidine groups is 1. The number of halogens is 1. The standard InChI is InChI=1S/C16H10FN3O2S/c17-12-5-3-11(4-6-12)14(21)19-16-20-15(22)13(23-16)8-10-2-1-7-18-9-10/h1-9H,(H,19,20,21,22). The van der Waals surface area contributed by atoms with Gasteiger partial charge in [0.05, 0.1) is 4.91 Å². The second kappa shape index (κ2) is 6.53. The molecule has 0 spiro atoms. The van der Waals surface area contributed by atoms with Crippen LogP contribution in [0.2, 0.25) is 0 Å². The van der Waals surface area contributed by atoms with E-state index in [9.17, 15) is 14.0 Å². The van der Waals surface area contributed by atoms with Gasteiger partial charge in [-0.15, -0.1) is 0 Å². The molecule has 1 aliphatic rings. The highest BCUT2D eigenvalue weighted by molar-refractivity contribution is 8.18. The van der Waals surface area contributed by atoms with E-state index in [4.69, 9.17) is 0 Å². The molecule has 1 aliphatic heterocycles. The predicted molar refractivity (Wildman–Crippen MR) is 86.1 cm³/mol. The number of hydrogen-bond donors (Lipinski definition) is 1.